The fourth-order valence-electron chi connectivity index (χ4n) is 2.87. The molecular weight excluding hydrogens is 273 g/mol. The molecular formula is C15H14FN3O2. The van der Waals surface area contributed by atoms with E-state index in [1.165, 1.54) is 12.1 Å². The van der Waals surface area contributed by atoms with E-state index in [1.807, 2.05) is 17.0 Å². The SMILES string of the molecule is O=[N+]([O-])c1cc(F)ccc1N1CCC[C@H]1c1ccncc1. The average molecular weight is 287 g/mol. The number of benzene rings is 1. The van der Waals surface area contributed by atoms with Crippen LogP contribution in [0.1, 0.15) is 24.4 Å². The van der Waals surface area contributed by atoms with E-state index < -0.39 is 10.7 Å². The summed E-state index contributed by atoms with van der Waals surface area (Å²) in [6.45, 7) is 0.722. The van der Waals surface area contributed by atoms with Crippen molar-refractivity contribution in [3.05, 3.63) is 64.2 Å². The van der Waals surface area contributed by atoms with Gasteiger partial charge in [0.25, 0.3) is 5.69 Å². The number of aromatic nitrogens is 1. The van der Waals surface area contributed by atoms with Gasteiger partial charge in [0.1, 0.15) is 11.5 Å². The van der Waals surface area contributed by atoms with Crippen LogP contribution in [0.5, 0.6) is 0 Å². The zero-order chi connectivity index (χ0) is 14.8. The molecule has 21 heavy (non-hydrogen) atoms. The molecule has 0 bridgehead atoms. The van der Waals surface area contributed by atoms with Gasteiger partial charge in [0, 0.05) is 18.9 Å². The summed E-state index contributed by atoms with van der Waals surface area (Å²) in [6, 6.07) is 7.64. The maximum Gasteiger partial charge on any atom is 0.295 e. The number of rotatable bonds is 3. The summed E-state index contributed by atoms with van der Waals surface area (Å²) in [4.78, 5) is 16.6. The van der Waals surface area contributed by atoms with Crippen LogP contribution in [0.15, 0.2) is 42.7 Å². The molecule has 1 aliphatic rings. The number of nitro benzene ring substituents is 1. The predicted octanol–water partition coefficient (Wildman–Crippen LogP) is 3.47. The molecule has 0 saturated carbocycles. The second-order valence-corrected chi connectivity index (χ2v) is 5.02. The minimum Gasteiger partial charge on any atom is -0.359 e. The molecule has 0 amide bonds. The van der Waals surface area contributed by atoms with Crippen molar-refractivity contribution in [3.63, 3.8) is 0 Å². The van der Waals surface area contributed by atoms with Crippen molar-refractivity contribution in [1.29, 1.82) is 0 Å². The first-order valence-corrected chi connectivity index (χ1v) is 6.77. The van der Waals surface area contributed by atoms with E-state index in [1.54, 1.807) is 12.4 Å². The van der Waals surface area contributed by atoms with E-state index in [4.69, 9.17) is 0 Å². The molecule has 1 aromatic carbocycles. The fourth-order valence-corrected chi connectivity index (χ4v) is 2.87. The predicted molar refractivity (Wildman–Crippen MR) is 76.6 cm³/mol. The molecule has 2 heterocycles. The van der Waals surface area contributed by atoms with E-state index in [2.05, 4.69) is 4.98 Å². The molecule has 0 N–H and O–H groups in total. The highest BCUT2D eigenvalue weighted by atomic mass is 19.1. The van der Waals surface area contributed by atoms with Gasteiger partial charge in [0.05, 0.1) is 17.0 Å². The zero-order valence-corrected chi connectivity index (χ0v) is 11.3. The third-order valence-electron chi connectivity index (χ3n) is 3.79. The second kappa shape index (κ2) is 5.47. The van der Waals surface area contributed by atoms with Crippen LogP contribution >= 0.6 is 0 Å². The summed E-state index contributed by atoms with van der Waals surface area (Å²) < 4.78 is 13.3. The van der Waals surface area contributed by atoms with E-state index in [0.717, 1.165) is 31.0 Å². The topological polar surface area (TPSA) is 59.3 Å². The number of halogens is 1. The van der Waals surface area contributed by atoms with Crippen LogP contribution in [-0.2, 0) is 0 Å². The third kappa shape index (κ3) is 2.56. The van der Waals surface area contributed by atoms with Gasteiger partial charge in [-0.05, 0) is 42.7 Å². The molecule has 0 aliphatic carbocycles. The number of pyridine rings is 1. The highest BCUT2D eigenvalue weighted by Gasteiger charge is 2.30. The lowest BCUT2D eigenvalue weighted by Gasteiger charge is -2.26. The lowest BCUT2D eigenvalue weighted by molar-refractivity contribution is -0.384. The van der Waals surface area contributed by atoms with Gasteiger partial charge in [0.2, 0.25) is 0 Å². The van der Waals surface area contributed by atoms with Crippen LogP contribution in [0, 0.1) is 15.9 Å². The maximum absolute atomic E-state index is 13.3. The van der Waals surface area contributed by atoms with Crippen molar-refractivity contribution in [1.82, 2.24) is 4.98 Å². The minimum absolute atomic E-state index is 0.0668. The molecule has 2 aromatic rings. The number of hydrogen-bond donors (Lipinski definition) is 0. The Hall–Kier alpha value is -2.50. The lowest BCUT2D eigenvalue weighted by Crippen LogP contribution is -2.23. The Balaban J connectivity index is 2.01. The fraction of sp³-hybridized carbons (Fsp3) is 0.267. The lowest BCUT2D eigenvalue weighted by atomic mass is 10.1. The molecule has 6 heteroatoms. The van der Waals surface area contributed by atoms with Gasteiger partial charge in [-0.3, -0.25) is 15.1 Å². The van der Waals surface area contributed by atoms with Crippen molar-refractivity contribution >= 4 is 11.4 Å². The second-order valence-electron chi connectivity index (χ2n) is 5.02. The van der Waals surface area contributed by atoms with E-state index in [-0.39, 0.29) is 11.7 Å². The van der Waals surface area contributed by atoms with Gasteiger partial charge >= 0.3 is 0 Å². The summed E-state index contributed by atoms with van der Waals surface area (Å²) in [5.74, 6) is -0.592. The van der Waals surface area contributed by atoms with Gasteiger partial charge in [0.15, 0.2) is 0 Å². The summed E-state index contributed by atoms with van der Waals surface area (Å²) in [7, 11) is 0. The van der Waals surface area contributed by atoms with Crippen LogP contribution in [0.25, 0.3) is 0 Å². The Morgan fingerprint density at radius 2 is 2.05 bits per heavy atom. The average Bonchev–Trinajstić information content (AvgIpc) is 2.97. The third-order valence-corrected chi connectivity index (χ3v) is 3.79. The van der Waals surface area contributed by atoms with Crippen LogP contribution < -0.4 is 4.90 Å². The smallest absolute Gasteiger partial charge is 0.295 e. The van der Waals surface area contributed by atoms with E-state index in [9.17, 15) is 14.5 Å². The van der Waals surface area contributed by atoms with Crippen LogP contribution in [0.3, 0.4) is 0 Å². The Morgan fingerprint density at radius 3 is 2.76 bits per heavy atom. The van der Waals surface area contributed by atoms with Crippen LogP contribution in [-0.4, -0.2) is 16.5 Å². The van der Waals surface area contributed by atoms with Gasteiger partial charge < -0.3 is 4.90 Å². The minimum atomic E-state index is -0.592. The molecule has 1 aliphatic heterocycles. The van der Waals surface area contributed by atoms with Crippen LogP contribution in [0.4, 0.5) is 15.8 Å². The van der Waals surface area contributed by atoms with Crippen molar-refractivity contribution in [3.8, 4) is 0 Å². The Bertz CT molecular complexity index is 663. The van der Waals surface area contributed by atoms with Crippen molar-refractivity contribution in [2.75, 3.05) is 11.4 Å². The number of nitro groups is 1. The molecule has 0 unspecified atom stereocenters. The standard InChI is InChI=1S/C15H14FN3O2/c16-12-3-4-14(15(10-12)19(20)21)18-9-1-2-13(18)11-5-7-17-8-6-11/h3-8,10,13H,1-2,9H2/t13-/m0/s1. The highest BCUT2D eigenvalue weighted by molar-refractivity contribution is 5.65. The normalized spacial score (nSPS) is 18.0. The maximum atomic E-state index is 13.3. The van der Waals surface area contributed by atoms with Gasteiger partial charge in [-0.25, -0.2) is 4.39 Å². The molecule has 1 fully saturated rings. The molecule has 5 nitrogen and oxygen atoms in total. The molecule has 108 valence electrons. The summed E-state index contributed by atoms with van der Waals surface area (Å²) >= 11 is 0. The molecule has 1 aromatic heterocycles. The largest absolute Gasteiger partial charge is 0.359 e. The summed E-state index contributed by atoms with van der Waals surface area (Å²) in [5, 5.41) is 11.2. The molecule has 0 radical (unpaired) electrons. The van der Waals surface area contributed by atoms with E-state index in [0.29, 0.717) is 5.69 Å². The first kappa shape index (κ1) is 13.5. The molecule has 1 saturated heterocycles. The van der Waals surface area contributed by atoms with Crippen molar-refractivity contribution < 1.29 is 9.31 Å². The van der Waals surface area contributed by atoms with Crippen molar-refractivity contribution in [2.45, 2.75) is 18.9 Å². The first-order chi connectivity index (χ1) is 10.2. The first-order valence-electron chi connectivity index (χ1n) is 6.77. The quantitative estimate of drug-likeness (QED) is 0.640. The summed E-state index contributed by atoms with van der Waals surface area (Å²) in [5.41, 5.74) is 1.36. The monoisotopic (exact) mass is 287 g/mol. The molecule has 3 rings (SSSR count). The Morgan fingerprint density at radius 1 is 1.29 bits per heavy atom. The molecule has 0 spiro atoms. The van der Waals surface area contributed by atoms with Gasteiger partial charge in [-0.15, -0.1) is 0 Å². The number of nitrogens with zero attached hydrogens (tertiary/aromatic N) is 3. The Labute approximate surface area is 121 Å². The highest BCUT2D eigenvalue weighted by Crippen LogP contribution is 2.40. The zero-order valence-electron chi connectivity index (χ0n) is 11.3. The van der Waals surface area contributed by atoms with Crippen molar-refractivity contribution in [2.24, 2.45) is 0 Å². The Kier molecular flexibility index (Phi) is 3.51. The van der Waals surface area contributed by atoms with E-state index >= 15 is 0 Å². The molecule has 1 atom stereocenters. The summed E-state index contributed by atoms with van der Waals surface area (Å²) in [6.07, 6.45) is 5.29. The number of hydrogen-bond acceptors (Lipinski definition) is 4. The van der Waals surface area contributed by atoms with Gasteiger partial charge in [-0.2, -0.15) is 0 Å². The number of anilines is 1. The van der Waals surface area contributed by atoms with Crippen LogP contribution in [0.2, 0.25) is 0 Å². The van der Waals surface area contributed by atoms with Gasteiger partial charge in [-0.1, -0.05) is 0 Å².